The number of carbonyl (C=O) groups excluding carboxylic acids is 2. The number of likely N-dealkylation sites (tertiary alicyclic amines) is 1. The van der Waals surface area contributed by atoms with Crippen LogP contribution in [0.4, 0.5) is 20.2 Å². The number of aromatic nitrogens is 1. The summed E-state index contributed by atoms with van der Waals surface area (Å²) in [6.45, 7) is 2.20. The summed E-state index contributed by atoms with van der Waals surface area (Å²) >= 11 is 3.37. The van der Waals surface area contributed by atoms with Crippen LogP contribution in [0.15, 0.2) is 47.3 Å². The number of hydrogen-bond acceptors (Lipinski definition) is 5. The fraction of sp³-hybridized carbons (Fsp3) is 0.375. The Labute approximate surface area is 205 Å². The molecule has 1 atom stereocenters. The normalized spacial score (nSPS) is 19.7. The number of anilines is 2. The zero-order valence-electron chi connectivity index (χ0n) is 18.7. The maximum Gasteiger partial charge on any atom is 0.259 e. The number of nitrogen functional groups attached to an aromatic ring is 1. The summed E-state index contributed by atoms with van der Waals surface area (Å²) in [6.07, 6.45) is 6.75. The highest BCUT2D eigenvalue weighted by molar-refractivity contribution is 9.10. The van der Waals surface area contributed by atoms with E-state index in [0.29, 0.717) is 39.9 Å². The van der Waals surface area contributed by atoms with Crippen LogP contribution < -0.4 is 11.1 Å². The first-order chi connectivity index (χ1) is 16.1. The van der Waals surface area contributed by atoms with Crippen molar-refractivity contribution in [3.8, 4) is 0 Å². The van der Waals surface area contributed by atoms with E-state index in [4.69, 9.17) is 5.73 Å². The van der Waals surface area contributed by atoms with Crippen molar-refractivity contribution in [3.63, 3.8) is 0 Å². The Morgan fingerprint density at radius 3 is 2.62 bits per heavy atom. The highest BCUT2D eigenvalue weighted by Gasteiger charge is 2.36. The highest BCUT2D eigenvalue weighted by atomic mass is 79.9. The summed E-state index contributed by atoms with van der Waals surface area (Å²) in [4.78, 5) is 33.3. The number of nitrogens with zero attached hydrogens (tertiary/aromatic N) is 3. The molecule has 10 heteroatoms. The summed E-state index contributed by atoms with van der Waals surface area (Å²) in [5.74, 6) is -3.27. The van der Waals surface area contributed by atoms with Crippen molar-refractivity contribution in [2.75, 3.05) is 30.7 Å². The van der Waals surface area contributed by atoms with Crippen molar-refractivity contribution >= 4 is 39.1 Å². The van der Waals surface area contributed by atoms with Crippen LogP contribution in [0.3, 0.4) is 0 Å². The third kappa shape index (κ3) is 5.38. The second-order valence-electron chi connectivity index (χ2n) is 8.74. The molecule has 3 N–H and O–H groups in total. The number of rotatable bonds is 4. The van der Waals surface area contributed by atoms with E-state index in [9.17, 15) is 18.4 Å². The zero-order chi connectivity index (χ0) is 24.5. The molecule has 1 aromatic carbocycles. The van der Waals surface area contributed by atoms with Crippen LogP contribution in [-0.4, -0.2) is 58.2 Å². The Morgan fingerprint density at radius 1 is 1.18 bits per heavy atom. The quantitative estimate of drug-likeness (QED) is 0.566. The van der Waals surface area contributed by atoms with E-state index in [1.165, 1.54) is 11.1 Å². The van der Waals surface area contributed by atoms with Crippen LogP contribution in [-0.2, 0) is 0 Å². The number of piperidine rings is 1. The Hall–Kier alpha value is -3.01. The summed E-state index contributed by atoms with van der Waals surface area (Å²) in [5.41, 5.74) is 8.75. The van der Waals surface area contributed by atoms with Crippen LogP contribution in [0.5, 0.6) is 0 Å². The number of hydrogen-bond donors (Lipinski definition) is 2. The Balaban J connectivity index is 1.53. The smallest absolute Gasteiger partial charge is 0.259 e. The monoisotopic (exact) mass is 533 g/mol. The summed E-state index contributed by atoms with van der Waals surface area (Å²) in [6, 6.07) is 4.91. The third-order valence-corrected chi connectivity index (χ3v) is 6.46. The van der Waals surface area contributed by atoms with Gasteiger partial charge in [0, 0.05) is 61.6 Å². The van der Waals surface area contributed by atoms with Crippen LogP contribution in [0.25, 0.3) is 0 Å². The van der Waals surface area contributed by atoms with Gasteiger partial charge in [-0.1, -0.05) is 22.0 Å². The lowest BCUT2D eigenvalue weighted by Crippen LogP contribution is -2.43. The SMILES string of the molecule is Cc1cncc(C(=O)N2C=CC[C@@H](Nc3c(N)cc(Br)cc3C(=O)N3CCC(F)(F)CC3)C2)c1. The van der Waals surface area contributed by atoms with Gasteiger partial charge in [-0.3, -0.25) is 14.6 Å². The first kappa shape index (κ1) is 24.1. The summed E-state index contributed by atoms with van der Waals surface area (Å²) < 4.78 is 27.8. The van der Waals surface area contributed by atoms with Gasteiger partial charge in [0.1, 0.15) is 0 Å². The van der Waals surface area contributed by atoms with Gasteiger partial charge in [0.05, 0.1) is 22.5 Å². The molecule has 2 aromatic rings. The molecule has 1 saturated heterocycles. The number of alkyl halides is 2. The molecule has 1 fully saturated rings. The Bertz CT molecular complexity index is 1130. The molecule has 4 rings (SSSR count). The molecule has 2 aliphatic rings. The fourth-order valence-electron chi connectivity index (χ4n) is 4.19. The van der Waals surface area contributed by atoms with E-state index >= 15 is 0 Å². The molecule has 3 heterocycles. The largest absolute Gasteiger partial charge is 0.397 e. The first-order valence-corrected chi connectivity index (χ1v) is 11.8. The zero-order valence-corrected chi connectivity index (χ0v) is 20.3. The second-order valence-corrected chi connectivity index (χ2v) is 9.65. The fourth-order valence-corrected chi connectivity index (χ4v) is 4.66. The number of nitrogens with one attached hydrogen (secondary N) is 1. The number of halogens is 3. The summed E-state index contributed by atoms with van der Waals surface area (Å²) in [5, 5.41) is 3.33. The van der Waals surface area contributed by atoms with Gasteiger partial charge in [0.15, 0.2) is 0 Å². The maximum absolute atomic E-state index is 13.6. The van der Waals surface area contributed by atoms with E-state index in [1.807, 2.05) is 13.0 Å². The van der Waals surface area contributed by atoms with Gasteiger partial charge >= 0.3 is 0 Å². The molecule has 34 heavy (non-hydrogen) atoms. The maximum atomic E-state index is 13.6. The molecule has 0 spiro atoms. The van der Waals surface area contributed by atoms with Crippen LogP contribution >= 0.6 is 15.9 Å². The minimum Gasteiger partial charge on any atom is -0.397 e. The van der Waals surface area contributed by atoms with Crippen LogP contribution in [0, 0.1) is 6.92 Å². The Kier molecular flexibility index (Phi) is 6.88. The lowest BCUT2D eigenvalue weighted by atomic mass is 10.0. The topological polar surface area (TPSA) is 91.6 Å². The van der Waals surface area contributed by atoms with Gasteiger partial charge in [0.25, 0.3) is 17.7 Å². The number of amides is 2. The van der Waals surface area contributed by atoms with Gasteiger partial charge in [-0.25, -0.2) is 8.78 Å². The van der Waals surface area contributed by atoms with Gasteiger partial charge < -0.3 is 20.9 Å². The third-order valence-electron chi connectivity index (χ3n) is 6.00. The molecular formula is C24H26BrF2N5O2. The van der Waals surface area contributed by atoms with Crippen LogP contribution in [0.2, 0.25) is 0 Å². The van der Waals surface area contributed by atoms with E-state index in [1.54, 1.807) is 35.5 Å². The standard InChI is InChI=1S/C24H26BrF2N5O2/c1-15-9-16(13-29-12-15)22(33)32-6-2-3-18(14-32)30-21-19(10-17(25)11-20(21)28)23(34)31-7-4-24(26,27)5-8-31/h2,6,9-13,18,30H,3-5,7-8,14,28H2,1H3/t18-/m1/s1. The number of carbonyl (C=O) groups is 2. The molecule has 0 saturated carbocycles. The van der Waals surface area contributed by atoms with E-state index in [2.05, 4.69) is 26.2 Å². The Morgan fingerprint density at radius 2 is 1.91 bits per heavy atom. The van der Waals surface area contributed by atoms with Gasteiger partial charge in [-0.05, 0) is 37.1 Å². The van der Waals surface area contributed by atoms with Crippen molar-refractivity contribution in [1.82, 2.24) is 14.8 Å². The average Bonchev–Trinajstić information content (AvgIpc) is 2.80. The molecule has 0 bridgehead atoms. The molecule has 2 aliphatic heterocycles. The number of nitrogens with two attached hydrogens (primary N) is 1. The predicted molar refractivity (Wildman–Crippen MR) is 130 cm³/mol. The minimum atomic E-state index is -2.74. The van der Waals surface area contributed by atoms with Gasteiger partial charge in [-0.15, -0.1) is 0 Å². The molecule has 180 valence electrons. The van der Waals surface area contributed by atoms with Crippen molar-refractivity contribution in [2.24, 2.45) is 0 Å². The van der Waals surface area contributed by atoms with E-state index in [-0.39, 0.29) is 43.8 Å². The molecule has 2 amide bonds. The number of aryl methyl sites for hydroxylation is 1. The average molecular weight is 534 g/mol. The summed E-state index contributed by atoms with van der Waals surface area (Å²) in [7, 11) is 0. The van der Waals surface area contributed by atoms with Crippen molar-refractivity contribution in [3.05, 3.63) is 64.0 Å². The van der Waals surface area contributed by atoms with E-state index in [0.717, 1.165) is 5.56 Å². The van der Waals surface area contributed by atoms with Crippen molar-refractivity contribution < 1.29 is 18.4 Å². The van der Waals surface area contributed by atoms with E-state index < -0.39 is 5.92 Å². The molecule has 0 aliphatic carbocycles. The van der Waals surface area contributed by atoms with Gasteiger partial charge in [-0.2, -0.15) is 0 Å². The lowest BCUT2D eigenvalue weighted by Gasteiger charge is -2.33. The molecule has 0 radical (unpaired) electrons. The minimum absolute atomic E-state index is 0.0172. The molecule has 7 nitrogen and oxygen atoms in total. The first-order valence-electron chi connectivity index (χ1n) is 11.0. The number of pyridine rings is 1. The van der Waals surface area contributed by atoms with Crippen LogP contribution in [0.1, 0.15) is 45.5 Å². The molecule has 0 unspecified atom stereocenters. The predicted octanol–water partition coefficient (Wildman–Crippen LogP) is 4.45. The lowest BCUT2D eigenvalue weighted by molar-refractivity contribution is -0.0494. The number of benzene rings is 1. The second kappa shape index (κ2) is 9.69. The van der Waals surface area contributed by atoms with Crippen molar-refractivity contribution in [2.45, 2.75) is 38.2 Å². The molecule has 1 aromatic heterocycles. The van der Waals surface area contributed by atoms with Crippen molar-refractivity contribution in [1.29, 1.82) is 0 Å². The molecular weight excluding hydrogens is 508 g/mol. The highest BCUT2D eigenvalue weighted by Crippen LogP contribution is 2.33. The van der Waals surface area contributed by atoms with Gasteiger partial charge in [0.2, 0.25) is 0 Å².